The Bertz CT molecular complexity index is 485. The monoisotopic (exact) mass is 322 g/mol. The van der Waals surface area contributed by atoms with Gasteiger partial charge in [-0.2, -0.15) is 0 Å². The van der Waals surface area contributed by atoms with Gasteiger partial charge in [-0.3, -0.25) is 9.59 Å². The molecule has 23 heavy (non-hydrogen) atoms. The van der Waals surface area contributed by atoms with Gasteiger partial charge in [-0.05, 0) is 18.9 Å². The first-order valence-corrected chi connectivity index (χ1v) is 7.99. The Morgan fingerprint density at radius 2 is 1.83 bits per heavy atom. The SMILES string of the molecule is CCCCCC(=O)OCC(C)(CO)C(=O)OCc1ccccc1. The summed E-state index contributed by atoms with van der Waals surface area (Å²) in [5, 5.41) is 9.49. The lowest BCUT2D eigenvalue weighted by atomic mass is 9.93. The molecule has 1 rings (SSSR count). The molecular weight excluding hydrogens is 296 g/mol. The average Bonchev–Trinajstić information content (AvgIpc) is 2.58. The molecule has 0 amide bonds. The van der Waals surface area contributed by atoms with Gasteiger partial charge < -0.3 is 14.6 Å². The molecule has 1 aromatic carbocycles. The van der Waals surface area contributed by atoms with Crippen molar-refractivity contribution in [2.45, 2.75) is 46.1 Å². The lowest BCUT2D eigenvalue weighted by Gasteiger charge is -2.24. The maximum Gasteiger partial charge on any atom is 0.317 e. The Morgan fingerprint density at radius 3 is 2.43 bits per heavy atom. The lowest BCUT2D eigenvalue weighted by Crippen LogP contribution is -2.38. The van der Waals surface area contributed by atoms with E-state index in [4.69, 9.17) is 9.47 Å². The molecule has 0 saturated heterocycles. The van der Waals surface area contributed by atoms with Crippen LogP contribution < -0.4 is 0 Å². The predicted octanol–water partition coefficient (Wildman–Crippen LogP) is 2.85. The van der Waals surface area contributed by atoms with E-state index in [0.717, 1.165) is 24.8 Å². The molecule has 0 saturated carbocycles. The van der Waals surface area contributed by atoms with Gasteiger partial charge in [0.2, 0.25) is 0 Å². The van der Waals surface area contributed by atoms with Crippen molar-refractivity contribution in [2.24, 2.45) is 5.41 Å². The summed E-state index contributed by atoms with van der Waals surface area (Å²) in [6.45, 7) is 3.08. The molecule has 5 heteroatoms. The summed E-state index contributed by atoms with van der Waals surface area (Å²) >= 11 is 0. The molecule has 1 aromatic rings. The van der Waals surface area contributed by atoms with Crippen molar-refractivity contribution in [1.29, 1.82) is 0 Å². The van der Waals surface area contributed by atoms with E-state index in [9.17, 15) is 14.7 Å². The van der Waals surface area contributed by atoms with Crippen LogP contribution in [-0.2, 0) is 25.7 Å². The molecule has 5 nitrogen and oxygen atoms in total. The molecule has 0 aromatic heterocycles. The lowest BCUT2D eigenvalue weighted by molar-refractivity contribution is -0.166. The van der Waals surface area contributed by atoms with E-state index in [1.54, 1.807) is 0 Å². The van der Waals surface area contributed by atoms with E-state index in [-0.39, 0.29) is 19.2 Å². The van der Waals surface area contributed by atoms with Crippen LogP contribution in [-0.4, -0.2) is 30.3 Å². The van der Waals surface area contributed by atoms with E-state index in [1.807, 2.05) is 30.3 Å². The minimum absolute atomic E-state index is 0.125. The number of aliphatic hydroxyl groups is 1. The fraction of sp³-hybridized carbons (Fsp3) is 0.556. The van der Waals surface area contributed by atoms with E-state index >= 15 is 0 Å². The van der Waals surface area contributed by atoms with Crippen LogP contribution in [0.2, 0.25) is 0 Å². The largest absolute Gasteiger partial charge is 0.464 e. The molecule has 0 aliphatic rings. The second-order valence-corrected chi connectivity index (χ2v) is 5.90. The summed E-state index contributed by atoms with van der Waals surface area (Å²) in [6, 6.07) is 9.27. The number of rotatable bonds is 10. The molecule has 0 spiro atoms. The molecule has 1 atom stereocenters. The van der Waals surface area contributed by atoms with Crippen LogP contribution in [0.4, 0.5) is 0 Å². The second-order valence-electron chi connectivity index (χ2n) is 5.90. The maximum absolute atomic E-state index is 12.2. The van der Waals surface area contributed by atoms with Crippen LogP contribution in [0.25, 0.3) is 0 Å². The van der Waals surface area contributed by atoms with Crippen LogP contribution in [0.15, 0.2) is 30.3 Å². The first-order chi connectivity index (χ1) is 11.0. The third kappa shape index (κ3) is 6.82. The zero-order valence-electron chi connectivity index (χ0n) is 13.9. The van der Waals surface area contributed by atoms with E-state index in [1.165, 1.54) is 6.92 Å². The number of hydrogen-bond donors (Lipinski definition) is 1. The Hall–Kier alpha value is -1.88. The fourth-order valence-electron chi connectivity index (χ4n) is 1.90. The number of ether oxygens (including phenoxy) is 2. The number of aliphatic hydroxyl groups excluding tert-OH is 1. The first-order valence-electron chi connectivity index (χ1n) is 7.99. The summed E-state index contributed by atoms with van der Waals surface area (Å²) in [5.41, 5.74) is -0.382. The maximum atomic E-state index is 12.2. The van der Waals surface area contributed by atoms with Gasteiger partial charge in [0.05, 0.1) is 6.61 Å². The quantitative estimate of drug-likeness (QED) is 0.530. The predicted molar refractivity (Wildman–Crippen MR) is 86.5 cm³/mol. The van der Waals surface area contributed by atoms with Gasteiger partial charge >= 0.3 is 11.9 Å². The van der Waals surface area contributed by atoms with Crippen molar-refractivity contribution < 1.29 is 24.2 Å². The van der Waals surface area contributed by atoms with Gasteiger partial charge in [0.15, 0.2) is 0 Å². The molecule has 1 unspecified atom stereocenters. The van der Waals surface area contributed by atoms with E-state index in [0.29, 0.717) is 6.42 Å². The van der Waals surface area contributed by atoms with Crippen molar-refractivity contribution in [3.05, 3.63) is 35.9 Å². The Kier molecular flexibility index (Phi) is 8.33. The van der Waals surface area contributed by atoms with Crippen LogP contribution >= 0.6 is 0 Å². The topological polar surface area (TPSA) is 72.8 Å². The highest BCUT2D eigenvalue weighted by molar-refractivity contribution is 5.77. The Balaban J connectivity index is 2.45. The van der Waals surface area contributed by atoms with Crippen LogP contribution in [0.5, 0.6) is 0 Å². The van der Waals surface area contributed by atoms with E-state index < -0.39 is 18.0 Å². The molecule has 0 bridgehead atoms. The van der Waals surface area contributed by atoms with Crippen LogP contribution in [0.3, 0.4) is 0 Å². The minimum Gasteiger partial charge on any atom is -0.464 e. The number of carbonyl (C=O) groups excluding carboxylic acids is 2. The molecule has 0 fully saturated rings. The van der Waals surface area contributed by atoms with Crippen LogP contribution in [0, 0.1) is 5.41 Å². The molecule has 0 heterocycles. The smallest absolute Gasteiger partial charge is 0.317 e. The van der Waals surface area contributed by atoms with Crippen molar-refractivity contribution >= 4 is 11.9 Å². The summed E-state index contributed by atoms with van der Waals surface area (Å²) in [4.78, 5) is 23.8. The molecule has 1 N–H and O–H groups in total. The van der Waals surface area contributed by atoms with Gasteiger partial charge in [-0.1, -0.05) is 50.1 Å². The third-order valence-corrected chi connectivity index (χ3v) is 3.59. The molecule has 0 aliphatic heterocycles. The first kappa shape index (κ1) is 19.2. The van der Waals surface area contributed by atoms with E-state index in [2.05, 4.69) is 6.92 Å². The number of hydrogen-bond acceptors (Lipinski definition) is 5. The van der Waals surface area contributed by atoms with Gasteiger partial charge in [-0.25, -0.2) is 0 Å². The van der Waals surface area contributed by atoms with Crippen molar-refractivity contribution in [2.75, 3.05) is 13.2 Å². The highest BCUT2D eigenvalue weighted by Gasteiger charge is 2.36. The molecular formula is C18H26O5. The summed E-state index contributed by atoms with van der Waals surface area (Å²) in [6.07, 6.45) is 3.08. The molecule has 128 valence electrons. The van der Waals surface area contributed by atoms with Gasteiger partial charge in [-0.15, -0.1) is 0 Å². The Morgan fingerprint density at radius 1 is 1.13 bits per heavy atom. The fourth-order valence-corrected chi connectivity index (χ4v) is 1.90. The molecule has 0 radical (unpaired) electrons. The normalized spacial score (nSPS) is 13.2. The number of unbranched alkanes of at least 4 members (excludes halogenated alkanes) is 2. The Labute approximate surface area is 137 Å². The second kappa shape index (κ2) is 10.0. The van der Waals surface area contributed by atoms with Crippen LogP contribution in [0.1, 0.15) is 45.1 Å². The summed E-state index contributed by atoms with van der Waals surface area (Å²) in [7, 11) is 0. The number of carbonyl (C=O) groups is 2. The molecule has 0 aliphatic carbocycles. The van der Waals surface area contributed by atoms with Crippen molar-refractivity contribution in [3.8, 4) is 0 Å². The van der Waals surface area contributed by atoms with Crippen molar-refractivity contribution in [3.63, 3.8) is 0 Å². The zero-order valence-corrected chi connectivity index (χ0v) is 13.9. The van der Waals surface area contributed by atoms with Gasteiger partial charge in [0.1, 0.15) is 18.6 Å². The summed E-state index contributed by atoms with van der Waals surface area (Å²) in [5.74, 6) is -0.931. The highest BCUT2D eigenvalue weighted by atomic mass is 16.6. The van der Waals surface area contributed by atoms with Gasteiger partial charge in [0, 0.05) is 6.42 Å². The minimum atomic E-state index is -1.24. The average molecular weight is 322 g/mol. The number of esters is 2. The highest BCUT2D eigenvalue weighted by Crippen LogP contribution is 2.20. The van der Waals surface area contributed by atoms with Crippen molar-refractivity contribution in [1.82, 2.24) is 0 Å². The standard InChI is InChI=1S/C18H26O5/c1-3-4-6-11-16(20)23-14-18(2,13-19)17(21)22-12-15-9-7-5-8-10-15/h5,7-10,19H,3-4,6,11-14H2,1-2H3. The zero-order chi connectivity index (χ0) is 17.1. The third-order valence-electron chi connectivity index (χ3n) is 3.59. The number of benzene rings is 1. The van der Waals surface area contributed by atoms with Gasteiger partial charge in [0.25, 0.3) is 0 Å². The summed E-state index contributed by atoms with van der Waals surface area (Å²) < 4.78 is 10.3.